The van der Waals surface area contributed by atoms with E-state index >= 15 is 0 Å². The van der Waals surface area contributed by atoms with E-state index in [1.807, 2.05) is 12.1 Å². The van der Waals surface area contributed by atoms with Gasteiger partial charge in [-0.3, -0.25) is 9.59 Å². The molecule has 0 bridgehead atoms. The van der Waals surface area contributed by atoms with Crippen LogP contribution in [0.4, 0.5) is 0 Å². The van der Waals surface area contributed by atoms with Gasteiger partial charge in [-0.15, -0.1) is 23.7 Å². The molecular formula is C16H21ClN4O2S. The summed E-state index contributed by atoms with van der Waals surface area (Å²) in [5.41, 5.74) is 7.43. The molecule has 0 radical (unpaired) electrons. The van der Waals surface area contributed by atoms with Crippen molar-refractivity contribution < 1.29 is 9.59 Å². The summed E-state index contributed by atoms with van der Waals surface area (Å²) in [6.07, 6.45) is 0.680. The fraction of sp³-hybridized carbons (Fsp3) is 0.312. The van der Waals surface area contributed by atoms with Crippen LogP contribution in [0.2, 0.25) is 0 Å². The Balaban J connectivity index is 0.00000288. The number of thiazole rings is 1. The van der Waals surface area contributed by atoms with Crippen molar-refractivity contribution in [1.82, 2.24) is 15.2 Å². The van der Waals surface area contributed by atoms with E-state index < -0.39 is 0 Å². The molecule has 2 amide bonds. The molecule has 0 aliphatic heterocycles. The summed E-state index contributed by atoms with van der Waals surface area (Å²) in [7, 11) is 3.42. The van der Waals surface area contributed by atoms with Crippen molar-refractivity contribution >= 4 is 35.6 Å². The minimum absolute atomic E-state index is 0. The van der Waals surface area contributed by atoms with E-state index in [0.717, 1.165) is 10.6 Å². The van der Waals surface area contributed by atoms with Crippen molar-refractivity contribution in [2.45, 2.75) is 13.0 Å². The molecule has 1 heterocycles. The van der Waals surface area contributed by atoms with E-state index in [1.54, 1.807) is 31.6 Å². The first-order valence-electron chi connectivity index (χ1n) is 7.24. The van der Waals surface area contributed by atoms with Crippen LogP contribution in [0.1, 0.15) is 31.4 Å². The number of carbonyl (C=O) groups is 2. The van der Waals surface area contributed by atoms with Crippen LogP contribution in [-0.4, -0.2) is 42.3 Å². The highest BCUT2D eigenvalue weighted by atomic mass is 35.5. The van der Waals surface area contributed by atoms with E-state index in [4.69, 9.17) is 5.73 Å². The van der Waals surface area contributed by atoms with Crippen molar-refractivity contribution in [1.29, 1.82) is 0 Å². The average molecular weight is 369 g/mol. The Morgan fingerprint density at radius 3 is 2.50 bits per heavy atom. The lowest BCUT2D eigenvalue weighted by molar-refractivity contribution is 0.0827. The molecule has 0 aliphatic rings. The zero-order valence-electron chi connectivity index (χ0n) is 13.6. The minimum Gasteiger partial charge on any atom is -0.347 e. The number of nitrogens with one attached hydrogen (secondary N) is 1. The second-order valence-corrected chi connectivity index (χ2v) is 6.19. The van der Waals surface area contributed by atoms with Gasteiger partial charge in [0.15, 0.2) is 0 Å². The second kappa shape index (κ2) is 9.36. The number of amides is 2. The quantitative estimate of drug-likeness (QED) is 0.812. The maximum atomic E-state index is 12.0. The molecule has 8 heteroatoms. The molecule has 2 rings (SSSR count). The van der Waals surface area contributed by atoms with Gasteiger partial charge in [-0.1, -0.05) is 12.1 Å². The van der Waals surface area contributed by atoms with Gasteiger partial charge < -0.3 is 16.0 Å². The molecule has 0 atom stereocenters. The van der Waals surface area contributed by atoms with Crippen LogP contribution in [0.15, 0.2) is 29.6 Å². The van der Waals surface area contributed by atoms with E-state index in [-0.39, 0.29) is 24.2 Å². The maximum Gasteiger partial charge on any atom is 0.271 e. The first kappa shape index (κ1) is 20.1. The molecule has 24 heavy (non-hydrogen) atoms. The number of hydrogen-bond donors (Lipinski definition) is 2. The van der Waals surface area contributed by atoms with Crippen LogP contribution in [0.3, 0.4) is 0 Å². The predicted molar refractivity (Wildman–Crippen MR) is 97.8 cm³/mol. The van der Waals surface area contributed by atoms with Gasteiger partial charge in [0.2, 0.25) is 0 Å². The van der Waals surface area contributed by atoms with E-state index in [2.05, 4.69) is 10.3 Å². The van der Waals surface area contributed by atoms with Crippen molar-refractivity contribution in [2.24, 2.45) is 5.73 Å². The third-order valence-electron chi connectivity index (χ3n) is 3.20. The summed E-state index contributed by atoms with van der Waals surface area (Å²) in [5, 5.41) is 5.42. The Labute approximate surface area is 151 Å². The molecule has 0 spiro atoms. The largest absolute Gasteiger partial charge is 0.347 e. The van der Waals surface area contributed by atoms with Crippen LogP contribution < -0.4 is 11.1 Å². The van der Waals surface area contributed by atoms with Crippen molar-refractivity contribution in [3.05, 3.63) is 51.5 Å². The summed E-state index contributed by atoms with van der Waals surface area (Å²) in [4.78, 5) is 29.6. The molecule has 0 fully saturated rings. The van der Waals surface area contributed by atoms with E-state index in [9.17, 15) is 9.59 Å². The van der Waals surface area contributed by atoms with Gasteiger partial charge in [0, 0.05) is 38.0 Å². The smallest absolute Gasteiger partial charge is 0.271 e. The van der Waals surface area contributed by atoms with Crippen LogP contribution in [0, 0.1) is 0 Å². The Morgan fingerprint density at radius 2 is 1.92 bits per heavy atom. The van der Waals surface area contributed by atoms with Crippen molar-refractivity contribution in [3.8, 4) is 0 Å². The summed E-state index contributed by atoms with van der Waals surface area (Å²) in [5.74, 6) is -0.256. The number of halogens is 1. The maximum absolute atomic E-state index is 12.0. The fourth-order valence-corrected chi connectivity index (χ4v) is 2.74. The molecule has 2 aromatic rings. The molecular weight excluding hydrogens is 348 g/mol. The molecule has 0 saturated carbocycles. The molecule has 1 aromatic carbocycles. The van der Waals surface area contributed by atoms with Gasteiger partial charge in [-0.25, -0.2) is 4.98 Å². The third-order valence-corrected chi connectivity index (χ3v) is 4.11. The molecule has 6 nitrogen and oxygen atoms in total. The zero-order valence-corrected chi connectivity index (χ0v) is 15.2. The van der Waals surface area contributed by atoms with E-state index in [0.29, 0.717) is 30.8 Å². The first-order chi connectivity index (χ1) is 11.0. The highest BCUT2D eigenvalue weighted by Gasteiger charge is 2.11. The lowest BCUT2D eigenvalue weighted by atomic mass is 10.1. The second-order valence-electron chi connectivity index (χ2n) is 5.24. The number of nitrogens with zero attached hydrogens (tertiary/aromatic N) is 2. The first-order valence-corrected chi connectivity index (χ1v) is 8.12. The number of hydrogen-bond acceptors (Lipinski definition) is 5. The summed E-state index contributed by atoms with van der Waals surface area (Å²) < 4.78 is 0. The standard InChI is InChI=1S/C16H20N4O2S.ClH/c1-20(2)16(22)12-5-3-11(4-6-12)9-18-15(21)13-10-23-14(19-13)7-8-17;/h3-6,10H,7-9,17H2,1-2H3,(H,18,21);1H. The Kier molecular flexibility index (Phi) is 7.84. The summed E-state index contributed by atoms with van der Waals surface area (Å²) in [6.45, 7) is 0.908. The van der Waals surface area contributed by atoms with Gasteiger partial charge in [-0.2, -0.15) is 0 Å². The molecule has 130 valence electrons. The average Bonchev–Trinajstić information content (AvgIpc) is 3.01. The molecule has 0 unspecified atom stereocenters. The van der Waals surface area contributed by atoms with Crippen LogP contribution in [0.25, 0.3) is 0 Å². The van der Waals surface area contributed by atoms with Crippen LogP contribution >= 0.6 is 23.7 Å². The van der Waals surface area contributed by atoms with E-state index in [1.165, 1.54) is 16.2 Å². The number of benzene rings is 1. The third kappa shape index (κ3) is 5.30. The number of rotatable bonds is 6. The predicted octanol–water partition coefficient (Wildman–Crippen LogP) is 1.70. The molecule has 3 N–H and O–H groups in total. The van der Waals surface area contributed by atoms with Gasteiger partial charge in [0.1, 0.15) is 5.69 Å². The van der Waals surface area contributed by atoms with Gasteiger partial charge >= 0.3 is 0 Å². The lowest BCUT2D eigenvalue weighted by Crippen LogP contribution is -2.23. The SMILES string of the molecule is CN(C)C(=O)c1ccc(CNC(=O)c2csc(CCN)n2)cc1.Cl. The normalized spacial score (nSPS) is 9.96. The van der Waals surface area contributed by atoms with Gasteiger partial charge in [0.05, 0.1) is 5.01 Å². The molecule has 0 aliphatic carbocycles. The molecule has 0 saturated heterocycles. The minimum atomic E-state index is -0.210. The Hall–Kier alpha value is -1.96. The summed E-state index contributed by atoms with van der Waals surface area (Å²) >= 11 is 1.44. The fourth-order valence-electron chi connectivity index (χ4n) is 1.95. The van der Waals surface area contributed by atoms with Crippen molar-refractivity contribution in [2.75, 3.05) is 20.6 Å². The van der Waals surface area contributed by atoms with Crippen LogP contribution in [0.5, 0.6) is 0 Å². The Bertz CT molecular complexity index is 686. The zero-order chi connectivity index (χ0) is 16.8. The van der Waals surface area contributed by atoms with Crippen molar-refractivity contribution in [3.63, 3.8) is 0 Å². The monoisotopic (exact) mass is 368 g/mol. The highest BCUT2D eigenvalue weighted by Crippen LogP contribution is 2.11. The topological polar surface area (TPSA) is 88.3 Å². The highest BCUT2D eigenvalue weighted by molar-refractivity contribution is 7.09. The Morgan fingerprint density at radius 1 is 1.25 bits per heavy atom. The number of aromatic nitrogens is 1. The molecule has 1 aromatic heterocycles. The van der Waals surface area contributed by atoms with Crippen LogP contribution in [-0.2, 0) is 13.0 Å². The lowest BCUT2D eigenvalue weighted by Gasteiger charge is -2.10. The number of carbonyl (C=O) groups excluding carboxylic acids is 2. The van der Waals surface area contributed by atoms with Gasteiger partial charge in [0.25, 0.3) is 11.8 Å². The number of nitrogens with two attached hydrogens (primary N) is 1. The summed E-state index contributed by atoms with van der Waals surface area (Å²) in [6, 6.07) is 7.17. The van der Waals surface area contributed by atoms with Gasteiger partial charge in [-0.05, 0) is 24.2 Å².